The van der Waals surface area contributed by atoms with E-state index in [-0.39, 0.29) is 5.43 Å². The monoisotopic (exact) mass is 209 g/mol. The Bertz CT molecular complexity index is 346. The van der Waals surface area contributed by atoms with Crippen LogP contribution in [0.5, 0.6) is 0 Å². The van der Waals surface area contributed by atoms with Gasteiger partial charge in [0.25, 0.3) is 0 Å². The number of nitrogens with zero attached hydrogens (tertiary/aromatic N) is 1. The van der Waals surface area contributed by atoms with Gasteiger partial charge in [0.15, 0.2) is 5.43 Å². The minimum atomic E-state index is 0.0818. The van der Waals surface area contributed by atoms with Gasteiger partial charge in [-0.3, -0.25) is 4.79 Å². The maximum absolute atomic E-state index is 11.4. The highest BCUT2D eigenvalue weighted by Gasteiger charge is 2.04. The van der Waals surface area contributed by atoms with Crippen LogP contribution in [0, 0.1) is 0 Å². The second-order valence-corrected chi connectivity index (χ2v) is 4.08. The lowest BCUT2D eigenvalue weighted by Crippen LogP contribution is -2.36. The molecule has 1 atom stereocenters. The predicted octanol–water partition coefficient (Wildman–Crippen LogP) is 0.415. The van der Waals surface area contributed by atoms with Crippen molar-refractivity contribution in [1.29, 1.82) is 0 Å². The topological polar surface area (TPSA) is 48.1 Å². The van der Waals surface area contributed by atoms with E-state index in [1.165, 1.54) is 0 Å². The maximum Gasteiger partial charge on any atom is 0.186 e. The summed E-state index contributed by atoms with van der Waals surface area (Å²) in [7, 11) is 4.07. The maximum atomic E-state index is 11.4. The van der Waals surface area contributed by atoms with Gasteiger partial charge in [0.05, 0.1) is 0 Å². The fourth-order valence-corrected chi connectivity index (χ4v) is 1.49. The molecular weight excluding hydrogens is 190 g/mol. The summed E-state index contributed by atoms with van der Waals surface area (Å²) in [4.78, 5) is 16.4. The van der Waals surface area contributed by atoms with Crippen LogP contribution < -0.4 is 10.7 Å². The van der Waals surface area contributed by atoms with E-state index in [1.807, 2.05) is 14.1 Å². The molecule has 1 aromatic rings. The number of hydrogen-bond donors (Lipinski definition) is 2. The van der Waals surface area contributed by atoms with Crippen LogP contribution in [0.4, 0.5) is 0 Å². The van der Waals surface area contributed by atoms with Gasteiger partial charge in [-0.25, -0.2) is 0 Å². The Balaban J connectivity index is 2.44. The molecule has 0 saturated carbocycles. The van der Waals surface area contributed by atoms with E-state index in [1.54, 1.807) is 18.5 Å². The van der Waals surface area contributed by atoms with Crippen molar-refractivity contribution >= 4 is 0 Å². The number of likely N-dealkylation sites (N-methyl/N-ethyl adjacent to an activating group) is 1. The van der Waals surface area contributed by atoms with Crippen LogP contribution in [0.3, 0.4) is 0 Å². The van der Waals surface area contributed by atoms with Crippen LogP contribution in [0.15, 0.2) is 23.3 Å². The van der Waals surface area contributed by atoms with Gasteiger partial charge < -0.3 is 15.2 Å². The first-order valence-electron chi connectivity index (χ1n) is 5.13. The number of aromatic nitrogens is 1. The lowest BCUT2D eigenvalue weighted by Gasteiger charge is -2.17. The molecule has 0 spiro atoms. The smallest absolute Gasteiger partial charge is 0.186 e. The lowest BCUT2D eigenvalue weighted by atomic mass is 10.2. The fraction of sp³-hybridized carbons (Fsp3) is 0.545. The van der Waals surface area contributed by atoms with E-state index in [0.717, 1.165) is 12.1 Å². The summed E-state index contributed by atoms with van der Waals surface area (Å²) in [6.07, 6.45) is 3.40. The highest BCUT2D eigenvalue weighted by molar-refractivity contribution is 5.08. The SMILES string of the molecule is CC(CN(C)C)NCc1c[nH]ccc1=O. The van der Waals surface area contributed by atoms with Crippen molar-refractivity contribution in [2.45, 2.75) is 19.5 Å². The minimum Gasteiger partial charge on any atom is -0.367 e. The normalized spacial score (nSPS) is 13.1. The van der Waals surface area contributed by atoms with Crippen molar-refractivity contribution < 1.29 is 0 Å². The van der Waals surface area contributed by atoms with Crippen molar-refractivity contribution in [2.24, 2.45) is 0 Å². The first-order chi connectivity index (χ1) is 7.09. The van der Waals surface area contributed by atoms with Crippen LogP contribution in [0.25, 0.3) is 0 Å². The van der Waals surface area contributed by atoms with Crippen LogP contribution in [-0.4, -0.2) is 36.6 Å². The number of pyridine rings is 1. The number of rotatable bonds is 5. The molecule has 0 saturated heterocycles. The Kier molecular flexibility index (Phi) is 4.52. The zero-order valence-corrected chi connectivity index (χ0v) is 9.58. The van der Waals surface area contributed by atoms with Crippen molar-refractivity contribution in [1.82, 2.24) is 15.2 Å². The van der Waals surface area contributed by atoms with Gasteiger partial charge in [-0.15, -0.1) is 0 Å². The number of aromatic amines is 1. The molecule has 15 heavy (non-hydrogen) atoms. The zero-order chi connectivity index (χ0) is 11.3. The highest BCUT2D eigenvalue weighted by atomic mass is 16.1. The quantitative estimate of drug-likeness (QED) is 0.738. The molecule has 1 aromatic heterocycles. The van der Waals surface area contributed by atoms with Crippen LogP contribution in [0.1, 0.15) is 12.5 Å². The largest absolute Gasteiger partial charge is 0.367 e. The summed E-state index contributed by atoms with van der Waals surface area (Å²) in [5.41, 5.74) is 0.862. The summed E-state index contributed by atoms with van der Waals surface area (Å²) in [6, 6.07) is 1.92. The van der Waals surface area contributed by atoms with Gasteiger partial charge in [-0.05, 0) is 21.0 Å². The van der Waals surface area contributed by atoms with Crippen LogP contribution >= 0.6 is 0 Å². The molecule has 1 unspecified atom stereocenters. The Morgan fingerprint density at radius 1 is 1.53 bits per heavy atom. The van der Waals surface area contributed by atoms with Gasteiger partial charge in [-0.1, -0.05) is 0 Å². The predicted molar refractivity (Wildman–Crippen MR) is 61.9 cm³/mol. The van der Waals surface area contributed by atoms with E-state index in [9.17, 15) is 4.79 Å². The van der Waals surface area contributed by atoms with Crippen LogP contribution in [-0.2, 0) is 6.54 Å². The lowest BCUT2D eigenvalue weighted by molar-refractivity contribution is 0.349. The summed E-state index contributed by atoms with van der Waals surface area (Å²) in [6.45, 7) is 3.69. The summed E-state index contributed by atoms with van der Waals surface area (Å²) in [5, 5.41) is 3.31. The van der Waals surface area contributed by atoms with Crippen molar-refractivity contribution in [2.75, 3.05) is 20.6 Å². The molecule has 0 aliphatic carbocycles. The Morgan fingerprint density at radius 2 is 2.27 bits per heavy atom. The third-order valence-electron chi connectivity index (χ3n) is 2.18. The highest BCUT2D eigenvalue weighted by Crippen LogP contribution is 1.90. The van der Waals surface area contributed by atoms with E-state index in [0.29, 0.717) is 12.6 Å². The molecule has 1 heterocycles. The first kappa shape index (κ1) is 11.9. The molecule has 0 radical (unpaired) electrons. The zero-order valence-electron chi connectivity index (χ0n) is 9.58. The molecule has 1 rings (SSSR count). The molecule has 2 N–H and O–H groups in total. The van der Waals surface area contributed by atoms with Gasteiger partial charge in [-0.2, -0.15) is 0 Å². The second-order valence-electron chi connectivity index (χ2n) is 4.08. The molecule has 0 fully saturated rings. The first-order valence-corrected chi connectivity index (χ1v) is 5.13. The van der Waals surface area contributed by atoms with Gasteiger partial charge in [0, 0.05) is 43.2 Å². The van der Waals surface area contributed by atoms with Crippen LogP contribution in [0.2, 0.25) is 0 Å². The average Bonchev–Trinajstić information content (AvgIpc) is 2.15. The van der Waals surface area contributed by atoms with Gasteiger partial charge in [0.1, 0.15) is 0 Å². The molecule has 4 nitrogen and oxygen atoms in total. The van der Waals surface area contributed by atoms with Gasteiger partial charge >= 0.3 is 0 Å². The Morgan fingerprint density at radius 3 is 2.87 bits per heavy atom. The third-order valence-corrected chi connectivity index (χ3v) is 2.18. The average molecular weight is 209 g/mol. The minimum absolute atomic E-state index is 0.0818. The number of hydrogen-bond acceptors (Lipinski definition) is 3. The van der Waals surface area contributed by atoms with E-state index in [4.69, 9.17) is 0 Å². The summed E-state index contributed by atoms with van der Waals surface area (Å²) in [5.74, 6) is 0. The summed E-state index contributed by atoms with van der Waals surface area (Å²) >= 11 is 0. The van der Waals surface area contributed by atoms with Gasteiger partial charge in [0.2, 0.25) is 0 Å². The molecular formula is C11H19N3O. The summed E-state index contributed by atoms with van der Waals surface area (Å²) < 4.78 is 0. The van der Waals surface area contributed by atoms with Crippen molar-refractivity contribution in [3.05, 3.63) is 34.2 Å². The number of H-pyrrole nitrogens is 1. The Hall–Kier alpha value is -1.13. The standard InChI is InChI=1S/C11H19N3O/c1-9(8-14(2)3)13-7-10-6-12-5-4-11(10)15/h4-6,9,13H,7-8H2,1-3H3,(H,12,15). The third kappa shape index (κ3) is 4.27. The molecule has 0 amide bonds. The fourth-order valence-electron chi connectivity index (χ4n) is 1.49. The number of nitrogens with one attached hydrogen (secondary N) is 2. The second kappa shape index (κ2) is 5.68. The molecule has 84 valence electrons. The Labute approximate surface area is 90.3 Å². The van der Waals surface area contributed by atoms with E-state index < -0.39 is 0 Å². The van der Waals surface area contributed by atoms with E-state index >= 15 is 0 Å². The van der Waals surface area contributed by atoms with E-state index in [2.05, 4.69) is 22.1 Å². The van der Waals surface area contributed by atoms with Crippen molar-refractivity contribution in [3.8, 4) is 0 Å². The molecule has 0 aliphatic rings. The molecule has 4 heteroatoms. The van der Waals surface area contributed by atoms with Crippen molar-refractivity contribution in [3.63, 3.8) is 0 Å². The molecule has 0 aliphatic heterocycles. The molecule has 0 bridgehead atoms. The molecule has 0 aromatic carbocycles.